The fraction of sp³-hybridized carbons (Fsp3) is 0.600. The number of ether oxygens (including phenoxy) is 2. The van der Waals surface area contributed by atoms with Crippen LogP contribution < -0.4 is 0 Å². The maximum atomic E-state index is 5.69. The second-order valence-corrected chi connectivity index (χ2v) is 2.12. The molecule has 11 heavy (non-hydrogen) atoms. The number of rotatable bonds is 1. The first-order chi connectivity index (χ1) is 5.29. The van der Waals surface area contributed by atoms with Gasteiger partial charge in [-0.05, 0) is 0 Å². The molecule has 0 saturated heterocycles. The lowest BCUT2D eigenvalue weighted by Gasteiger charge is -2.23. The highest BCUT2D eigenvalue weighted by atomic mass is 35.5. The molecule has 62 valence electrons. The molecule has 0 amide bonds. The zero-order chi connectivity index (χ0) is 8.27. The summed E-state index contributed by atoms with van der Waals surface area (Å²) in [7, 11) is 2.97. The summed E-state index contributed by atoms with van der Waals surface area (Å²) in [5.41, 5.74) is 0. The van der Waals surface area contributed by atoms with Crippen LogP contribution in [0.25, 0.3) is 0 Å². The first-order valence-electron chi connectivity index (χ1n) is 2.91. The molecule has 0 fully saturated rings. The molecule has 1 unspecified atom stereocenters. The lowest BCUT2D eigenvalue weighted by Crippen LogP contribution is -2.36. The first-order valence-corrected chi connectivity index (χ1v) is 3.24. The largest absolute Gasteiger partial charge is 0.467 e. The minimum absolute atomic E-state index is 0.272. The van der Waals surface area contributed by atoms with Crippen LogP contribution in [0.15, 0.2) is 9.98 Å². The van der Waals surface area contributed by atoms with Crippen LogP contribution in [0.2, 0.25) is 0 Å². The topological polar surface area (TPSA) is 46.4 Å². The summed E-state index contributed by atoms with van der Waals surface area (Å²) in [5, 5.41) is 0. The maximum Gasteiger partial charge on any atom is 0.312 e. The smallest absolute Gasteiger partial charge is 0.312 e. The number of hydrogen-bond donors (Lipinski definition) is 0. The molecule has 0 aromatic rings. The standard InChI is InChI=1S/C5H8ClN3O2/c1-10-4-7-3-8-5(11-2)9(4)6/h3-4H,1-2H3. The maximum absolute atomic E-state index is 5.69. The number of aliphatic imine (C=N–C) groups is 2. The van der Waals surface area contributed by atoms with E-state index in [1.165, 1.54) is 25.0 Å². The van der Waals surface area contributed by atoms with Crippen molar-refractivity contribution in [1.82, 2.24) is 4.42 Å². The highest BCUT2D eigenvalue weighted by Crippen LogP contribution is 2.10. The molecule has 1 heterocycles. The van der Waals surface area contributed by atoms with Gasteiger partial charge >= 0.3 is 6.02 Å². The van der Waals surface area contributed by atoms with Gasteiger partial charge in [-0.1, -0.05) is 0 Å². The SMILES string of the molecule is COC1=NC=NC(OC)N1Cl. The summed E-state index contributed by atoms with van der Waals surface area (Å²) in [5.74, 6) is 0. The normalized spacial score (nSPS) is 23.4. The van der Waals surface area contributed by atoms with Gasteiger partial charge in [-0.25, -0.2) is 4.99 Å². The second-order valence-electron chi connectivity index (χ2n) is 1.75. The molecule has 0 aliphatic carbocycles. The lowest BCUT2D eigenvalue weighted by molar-refractivity contribution is 0.0425. The molecule has 1 atom stereocenters. The molecular weight excluding hydrogens is 170 g/mol. The highest BCUT2D eigenvalue weighted by Gasteiger charge is 2.21. The number of hydrogen-bond acceptors (Lipinski definition) is 5. The highest BCUT2D eigenvalue weighted by molar-refractivity contribution is 6.21. The Balaban J connectivity index is 2.68. The quantitative estimate of drug-likeness (QED) is 0.546. The molecular formula is C5H8ClN3O2. The second kappa shape index (κ2) is 3.54. The van der Waals surface area contributed by atoms with Crippen molar-refractivity contribution in [3.05, 3.63) is 0 Å². The van der Waals surface area contributed by atoms with Gasteiger partial charge in [0.2, 0.25) is 6.35 Å². The molecule has 0 spiro atoms. The van der Waals surface area contributed by atoms with E-state index >= 15 is 0 Å². The molecule has 0 saturated carbocycles. The Bertz CT molecular complexity index is 194. The van der Waals surface area contributed by atoms with Crippen LogP contribution in [0.1, 0.15) is 0 Å². The van der Waals surface area contributed by atoms with Crippen molar-refractivity contribution < 1.29 is 9.47 Å². The molecule has 1 rings (SSSR count). The molecule has 0 aromatic carbocycles. The van der Waals surface area contributed by atoms with E-state index in [2.05, 4.69) is 9.98 Å². The Labute approximate surface area is 69.4 Å². The minimum atomic E-state index is -0.552. The summed E-state index contributed by atoms with van der Waals surface area (Å²) >= 11 is 5.69. The summed E-state index contributed by atoms with van der Waals surface area (Å²) < 4.78 is 10.8. The monoisotopic (exact) mass is 177 g/mol. The zero-order valence-electron chi connectivity index (χ0n) is 6.19. The average molecular weight is 178 g/mol. The van der Waals surface area contributed by atoms with Gasteiger partial charge in [-0.15, -0.1) is 0 Å². The minimum Gasteiger partial charge on any atom is -0.467 e. The van der Waals surface area contributed by atoms with Crippen molar-refractivity contribution in [2.75, 3.05) is 14.2 Å². The van der Waals surface area contributed by atoms with Gasteiger partial charge in [0.05, 0.1) is 7.11 Å². The van der Waals surface area contributed by atoms with Crippen molar-refractivity contribution in [1.29, 1.82) is 0 Å². The predicted octanol–water partition coefficient (Wildman–Crippen LogP) is 0.416. The summed E-state index contributed by atoms with van der Waals surface area (Å²) in [6.07, 6.45) is 0.787. The number of nitrogens with zero attached hydrogens (tertiary/aromatic N) is 3. The molecule has 1 aliphatic heterocycles. The van der Waals surface area contributed by atoms with E-state index in [1.807, 2.05) is 0 Å². The van der Waals surface area contributed by atoms with E-state index in [-0.39, 0.29) is 6.02 Å². The van der Waals surface area contributed by atoms with Gasteiger partial charge in [0, 0.05) is 18.9 Å². The fourth-order valence-electron chi connectivity index (χ4n) is 0.641. The van der Waals surface area contributed by atoms with Gasteiger partial charge < -0.3 is 9.47 Å². The third-order valence-corrected chi connectivity index (χ3v) is 1.44. The van der Waals surface area contributed by atoms with Crippen molar-refractivity contribution in [2.45, 2.75) is 6.35 Å². The van der Waals surface area contributed by atoms with Crippen molar-refractivity contribution in [3.63, 3.8) is 0 Å². The number of methoxy groups -OCH3 is 2. The molecule has 5 nitrogen and oxygen atoms in total. The summed E-state index contributed by atoms with van der Waals surface area (Å²) in [6.45, 7) is 0. The zero-order valence-corrected chi connectivity index (χ0v) is 6.95. The summed E-state index contributed by atoms with van der Waals surface area (Å²) in [4.78, 5) is 7.55. The van der Waals surface area contributed by atoms with Gasteiger partial charge in [0.15, 0.2) is 0 Å². The van der Waals surface area contributed by atoms with E-state index in [1.54, 1.807) is 0 Å². The fourth-order valence-corrected chi connectivity index (χ4v) is 0.884. The van der Waals surface area contributed by atoms with Crippen LogP contribution in [0.3, 0.4) is 0 Å². The van der Waals surface area contributed by atoms with Crippen molar-refractivity contribution in [3.8, 4) is 0 Å². The van der Waals surface area contributed by atoms with Crippen molar-refractivity contribution >= 4 is 24.1 Å². The molecule has 6 heteroatoms. The molecule has 0 aromatic heterocycles. The third-order valence-electron chi connectivity index (χ3n) is 1.13. The molecule has 0 N–H and O–H groups in total. The van der Waals surface area contributed by atoms with E-state index in [0.29, 0.717) is 0 Å². The van der Waals surface area contributed by atoms with E-state index in [4.69, 9.17) is 21.3 Å². The number of halogens is 1. The van der Waals surface area contributed by atoms with Crippen LogP contribution in [0.4, 0.5) is 0 Å². The van der Waals surface area contributed by atoms with Gasteiger partial charge in [0.1, 0.15) is 6.34 Å². The summed E-state index contributed by atoms with van der Waals surface area (Å²) in [6, 6.07) is 0.272. The number of amidine groups is 1. The van der Waals surface area contributed by atoms with Gasteiger partial charge in [0.25, 0.3) is 0 Å². The third kappa shape index (κ3) is 1.61. The van der Waals surface area contributed by atoms with Crippen LogP contribution in [0.5, 0.6) is 0 Å². The van der Waals surface area contributed by atoms with E-state index < -0.39 is 6.35 Å². The lowest BCUT2D eigenvalue weighted by atomic mass is 10.8. The van der Waals surface area contributed by atoms with E-state index in [9.17, 15) is 0 Å². The van der Waals surface area contributed by atoms with Crippen LogP contribution in [0, 0.1) is 0 Å². The van der Waals surface area contributed by atoms with Crippen LogP contribution >= 0.6 is 11.8 Å². The molecule has 0 bridgehead atoms. The predicted molar refractivity (Wildman–Crippen MR) is 41.4 cm³/mol. The van der Waals surface area contributed by atoms with Crippen molar-refractivity contribution in [2.24, 2.45) is 9.98 Å². The van der Waals surface area contributed by atoms with Gasteiger partial charge in [-0.2, -0.15) is 9.41 Å². The Hall–Kier alpha value is -0.810. The van der Waals surface area contributed by atoms with Crippen LogP contribution in [-0.2, 0) is 9.47 Å². The Morgan fingerprint density at radius 1 is 1.64 bits per heavy atom. The molecule has 1 aliphatic rings. The van der Waals surface area contributed by atoms with Crippen LogP contribution in [-0.4, -0.2) is 37.4 Å². The molecule has 0 radical (unpaired) electrons. The van der Waals surface area contributed by atoms with E-state index in [0.717, 1.165) is 0 Å². The Morgan fingerprint density at radius 2 is 2.36 bits per heavy atom. The Morgan fingerprint density at radius 3 is 2.91 bits per heavy atom. The van der Waals surface area contributed by atoms with Gasteiger partial charge in [-0.3, -0.25) is 0 Å². The average Bonchev–Trinajstić information content (AvgIpc) is 2.05. The first kappa shape index (κ1) is 8.29. The Kier molecular flexibility index (Phi) is 2.67.